The van der Waals surface area contributed by atoms with Gasteiger partial charge in [0.2, 0.25) is 0 Å². The lowest BCUT2D eigenvalue weighted by atomic mass is 9.92. The molecule has 0 aromatic rings. The molecule has 0 N–H and O–H groups in total. The first-order chi connectivity index (χ1) is 6.08. The van der Waals surface area contributed by atoms with Crippen LogP contribution in [0.3, 0.4) is 0 Å². The topological polar surface area (TPSA) is 35.5 Å². The van der Waals surface area contributed by atoms with Gasteiger partial charge in [0.1, 0.15) is 6.61 Å². The third-order valence-corrected chi connectivity index (χ3v) is 2.04. The molecule has 1 aliphatic rings. The Morgan fingerprint density at radius 3 is 2.46 bits per heavy atom. The van der Waals surface area contributed by atoms with E-state index in [-0.39, 0.29) is 18.5 Å². The number of carbonyl (C=O) groups is 1. The van der Waals surface area contributed by atoms with E-state index in [4.69, 9.17) is 9.47 Å². The molecule has 0 aromatic heterocycles. The van der Waals surface area contributed by atoms with E-state index in [0.29, 0.717) is 12.2 Å². The van der Waals surface area contributed by atoms with Crippen LogP contribution in [0.2, 0.25) is 0 Å². The standard InChI is InChI=1S/C10H18O3/c1-7(2)13-10-4-9(5-10)12-6-8(3)11/h7,9-10H,4-6H2,1-3H3. The molecule has 3 heteroatoms. The van der Waals surface area contributed by atoms with E-state index in [2.05, 4.69) is 0 Å². The van der Waals surface area contributed by atoms with Crippen molar-refractivity contribution in [3.05, 3.63) is 0 Å². The van der Waals surface area contributed by atoms with Crippen LogP contribution in [0.4, 0.5) is 0 Å². The zero-order valence-corrected chi connectivity index (χ0v) is 8.58. The minimum Gasteiger partial charge on any atom is -0.375 e. The highest BCUT2D eigenvalue weighted by molar-refractivity contribution is 5.76. The maximum atomic E-state index is 10.6. The zero-order chi connectivity index (χ0) is 9.84. The van der Waals surface area contributed by atoms with Crippen LogP contribution in [0, 0.1) is 0 Å². The number of ketones is 1. The Balaban J connectivity index is 2.02. The number of carbonyl (C=O) groups excluding carboxylic acids is 1. The highest BCUT2D eigenvalue weighted by Gasteiger charge is 2.31. The SMILES string of the molecule is CC(=O)COC1CC(OC(C)C)C1. The van der Waals surface area contributed by atoms with Gasteiger partial charge in [-0.15, -0.1) is 0 Å². The molecule has 1 saturated carbocycles. The van der Waals surface area contributed by atoms with Gasteiger partial charge in [-0.05, 0) is 33.6 Å². The van der Waals surface area contributed by atoms with Gasteiger partial charge in [-0.1, -0.05) is 0 Å². The molecule has 0 saturated heterocycles. The van der Waals surface area contributed by atoms with Gasteiger partial charge in [0, 0.05) is 0 Å². The second kappa shape index (κ2) is 4.72. The highest BCUT2D eigenvalue weighted by atomic mass is 16.5. The van der Waals surface area contributed by atoms with Crippen molar-refractivity contribution in [2.75, 3.05) is 6.61 Å². The van der Waals surface area contributed by atoms with Gasteiger partial charge >= 0.3 is 0 Å². The lowest BCUT2D eigenvalue weighted by molar-refractivity contribution is -0.138. The second-order valence-corrected chi connectivity index (χ2v) is 3.91. The molecule has 1 fully saturated rings. The maximum Gasteiger partial charge on any atom is 0.155 e. The number of rotatable bonds is 5. The molecule has 0 unspecified atom stereocenters. The predicted molar refractivity (Wildman–Crippen MR) is 49.7 cm³/mol. The molecule has 0 heterocycles. The Labute approximate surface area is 79.4 Å². The summed E-state index contributed by atoms with van der Waals surface area (Å²) in [5.74, 6) is 0.0910. The summed E-state index contributed by atoms with van der Waals surface area (Å²) in [7, 11) is 0. The molecule has 1 aliphatic carbocycles. The average molecular weight is 186 g/mol. The molecule has 0 aromatic carbocycles. The summed E-state index contributed by atoms with van der Waals surface area (Å²) < 4.78 is 10.9. The Bertz CT molecular complexity index is 171. The minimum atomic E-state index is 0.0910. The monoisotopic (exact) mass is 186 g/mol. The number of ether oxygens (including phenoxy) is 2. The molecular formula is C10H18O3. The Morgan fingerprint density at radius 1 is 1.38 bits per heavy atom. The summed E-state index contributed by atoms with van der Waals surface area (Å²) >= 11 is 0. The second-order valence-electron chi connectivity index (χ2n) is 3.91. The normalized spacial score (nSPS) is 27.4. The maximum absolute atomic E-state index is 10.6. The van der Waals surface area contributed by atoms with Crippen LogP contribution in [0.5, 0.6) is 0 Å². The summed E-state index contributed by atoms with van der Waals surface area (Å²) in [6, 6.07) is 0. The third kappa shape index (κ3) is 3.87. The van der Waals surface area contributed by atoms with E-state index in [0.717, 1.165) is 12.8 Å². The lowest BCUT2D eigenvalue weighted by Gasteiger charge is -2.35. The van der Waals surface area contributed by atoms with Gasteiger partial charge in [-0.25, -0.2) is 0 Å². The first kappa shape index (κ1) is 10.7. The van der Waals surface area contributed by atoms with Gasteiger partial charge in [0.05, 0.1) is 18.3 Å². The van der Waals surface area contributed by atoms with Crippen LogP contribution in [-0.4, -0.2) is 30.7 Å². The molecule has 1 rings (SSSR count). The number of Topliss-reactive ketones (excluding diaryl/α,β-unsaturated/α-hetero) is 1. The molecular weight excluding hydrogens is 168 g/mol. The highest BCUT2D eigenvalue weighted by Crippen LogP contribution is 2.27. The van der Waals surface area contributed by atoms with Crippen LogP contribution >= 0.6 is 0 Å². The smallest absolute Gasteiger partial charge is 0.155 e. The molecule has 76 valence electrons. The first-order valence-corrected chi connectivity index (χ1v) is 4.84. The Morgan fingerprint density at radius 2 is 2.00 bits per heavy atom. The summed E-state index contributed by atoms with van der Waals surface area (Å²) in [6.07, 6.45) is 2.75. The largest absolute Gasteiger partial charge is 0.375 e. The molecule has 0 radical (unpaired) electrons. The predicted octanol–water partition coefficient (Wildman–Crippen LogP) is 1.55. The fourth-order valence-electron chi connectivity index (χ4n) is 1.38. The molecule has 0 amide bonds. The van der Waals surface area contributed by atoms with Crippen molar-refractivity contribution < 1.29 is 14.3 Å². The molecule has 3 nitrogen and oxygen atoms in total. The Kier molecular flexibility index (Phi) is 3.88. The van der Waals surface area contributed by atoms with E-state index >= 15 is 0 Å². The molecule has 13 heavy (non-hydrogen) atoms. The fraction of sp³-hybridized carbons (Fsp3) is 0.900. The van der Waals surface area contributed by atoms with Gasteiger partial charge < -0.3 is 9.47 Å². The summed E-state index contributed by atoms with van der Waals surface area (Å²) in [4.78, 5) is 10.6. The van der Waals surface area contributed by atoms with Crippen molar-refractivity contribution in [2.45, 2.75) is 51.9 Å². The van der Waals surface area contributed by atoms with Crippen LogP contribution in [0.25, 0.3) is 0 Å². The summed E-state index contributed by atoms with van der Waals surface area (Å²) in [6.45, 7) is 5.85. The lowest BCUT2D eigenvalue weighted by Crippen LogP contribution is -2.39. The van der Waals surface area contributed by atoms with Gasteiger partial charge in [-0.3, -0.25) is 4.79 Å². The summed E-state index contributed by atoms with van der Waals surface area (Å²) in [5.41, 5.74) is 0. The van der Waals surface area contributed by atoms with Gasteiger partial charge in [-0.2, -0.15) is 0 Å². The fourth-order valence-corrected chi connectivity index (χ4v) is 1.38. The van der Waals surface area contributed by atoms with Crippen LogP contribution in [0.15, 0.2) is 0 Å². The molecule has 0 spiro atoms. The number of hydrogen-bond acceptors (Lipinski definition) is 3. The van der Waals surface area contributed by atoms with Crippen molar-refractivity contribution >= 4 is 5.78 Å². The average Bonchev–Trinajstić information content (AvgIpc) is 1.92. The van der Waals surface area contributed by atoms with Gasteiger partial charge in [0.25, 0.3) is 0 Å². The summed E-state index contributed by atoms with van der Waals surface area (Å²) in [5, 5.41) is 0. The number of hydrogen-bond donors (Lipinski definition) is 0. The quantitative estimate of drug-likeness (QED) is 0.653. The van der Waals surface area contributed by atoms with Crippen molar-refractivity contribution in [1.29, 1.82) is 0 Å². The van der Waals surface area contributed by atoms with Crippen molar-refractivity contribution in [3.63, 3.8) is 0 Å². The molecule has 0 bridgehead atoms. The van der Waals surface area contributed by atoms with Crippen molar-refractivity contribution in [2.24, 2.45) is 0 Å². The van der Waals surface area contributed by atoms with Gasteiger partial charge in [0.15, 0.2) is 5.78 Å². The van der Waals surface area contributed by atoms with Crippen molar-refractivity contribution in [1.82, 2.24) is 0 Å². The first-order valence-electron chi connectivity index (χ1n) is 4.84. The van der Waals surface area contributed by atoms with E-state index in [1.807, 2.05) is 13.8 Å². The Hall–Kier alpha value is -0.410. The third-order valence-electron chi connectivity index (χ3n) is 2.04. The van der Waals surface area contributed by atoms with Crippen LogP contribution in [-0.2, 0) is 14.3 Å². The van der Waals surface area contributed by atoms with E-state index in [1.165, 1.54) is 0 Å². The van der Waals surface area contributed by atoms with Crippen molar-refractivity contribution in [3.8, 4) is 0 Å². The minimum absolute atomic E-state index is 0.0910. The van der Waals surface area contributed by atoms with E-state index in [9.17, 15) is 4.79 Å². The van der Waals surface area contributed by atoms with E-state index in [1.54, 1.807) is 6.92 Å². The zero-order valence-electron chi connectivity index (χ0n) is 8.58. The van der Waals surface area contributed by atoms with E-state index < -0.39 is 0 Å². The van der Waals surface area contributed by atoms with Crippen LogP contribution in [0.1, 0.15) is 33.6 Å². The molecule has 0 aliphatic heterocycles. The molecule has 0 atom stereocenters. The van der Waals surface area contributed by atoms with Crippen LogP contribution < -0.4 is 0 Å².